The van der Waals surface area contributed by atoms with Gasteiger partial charge in [-0.3, -0.25) is 24.5 Å². The molecule has 0 radical (unpaired) electrons. The zero-order valence-corrected chi connectivity index (χ0v) is 68.0. The number of phenols is 4. The number of amides is 4. The lowest BCUT2D eigenvalue weighted by molar-refractivity contribution is -0.0135. The fraction of sp³-hybridized carbons (Fsp3) is 0.562. The molecule has 4 N–H and O–H groups in total. The van der Waals surface area contributed by atoms with Crippen LogP contribution in [0.2, 0.25) is 0 Å². The lowest BCUT2D eigenvalue weighted by Crippen LogP contribution is -2.48. The number of urea groups is 2. The van der Waals surface area contributed by atoms with Crippen molar-refractivity contribution in [1.29, 1.82) is 0 Å². The van der Waals surface area contributed by atoms with Crippen molar-refractivity contribution in [2.45, 2.75) is 157 Å². The van der Waals surface area contributed by atoms with Gasteiger partial charge in [0.1, 0.15) is 76.8 Å². The molecule has 0 bridgehead atoms. The molecule has 594 valence electrons. The van der Waals surface area contributed by atoms with Gasteiger partial charge in [0.05, 0.1) is 19.8 Å². The predicted molar refractivity (Wildman–Crippen MR) is 414 cm³/mol. The number of methoxy groups -OCH3 is 11. The molecule has 1 aromatic heterocycles. The average Bonchev–Trinajstić information content (AvgIpc) is 1.72. The molecule has 6 aromatic rings. The number of aryl methyl sites for hydroxylation is 5. The molecule has 107 heavy (non-hydrogen) atoms. The molecule has 27 heteroatoms. The van der Waals surface area contributed by atoms with E-state index in [0.29, 0.717) is 88.9 Å². The lowest BCUT2D eigenvalue weighted by Gasteiger charge is -2.35. The zero-order valence-electron chi connectivity index (χ0n) is 68.0. The summed E-state index contributed by atoms with van der Waals surface area (Å²) in [5.41, 5.74) is 13.0. The van der Waals surface area contributed by atoms with Gasteiger partial charge in [-0.15, -0.1) is 0 Å². The molecule has 5 aromatic carbocycles. The van der Waals surface area contributed by atoms with Gasteiger partial charge < -0.3 is 82.3 Å². The summed E-state index contributed by atoms with van der Waals surface area (Å²) in [4.78, 5) is 49.6. The van der Waals surface area contributed by atoms with Crippen molar-refractivity contribution in [3.05, 3.63) is 151 Å². The Kier molecular flexibility index (Phi) is 35.1. The van der Waals surface area contributed by atoms with E-state index in [2.05, 4.69) is 144 Å². The van der Waals surface area contributed by atoms with Crippen molar-refractivity contribution in [3.63, 3.8) is 0 Å². The normalized spacial score (nSPS) is 14.4. The van der Waals surface area contributed by atoms with E-state index in [1.54, 1.807) is 64.5 Å². The van der Waals surface area contributed by atoms with Crippen LogP contribution in [0.4, 0.5) is 27.4 Å². The van der Waals surface area contributed by atoms with Gasteiger partial charge in [0.15, 0.2) is 12.3 Å². The molecule has 0 aliphatic carbocycles. The summed E-state index contributed by atoms with van der Waals surface area (Å²) < 4.78 is 57.1. The van der Waals surface area contributed by atoms with Gasteiger partial charge in [0.2, 0.25) is 17.8 Å². The quantitative estimate of drug-likeness (QED) is 0.0212. The van der Waals surface area contributed by atoms with Gasteiger partial charge in [-0.2, -0.15) is 15.0 Å². The maximum atomic E-state index is 12.6. The first-order valence-corrected chi connectivity index (χ1v) is 36.0. The van der Waals surface area contributed by atoms with Crippen LogP contribution in [0.15, 0.2) is 72.8 Å². The molecule has 8 rings (SSSR count). The second-order valence-corrected chi connectivity index (χ2v) is 28.0. The largest absolute Gasteiger partial charge is 0.507 e. The molecule has 2 saturated heterocycles. The van der Waals surface area contributed by atoms with Crippen LogP contribution in [0, 0.1) is 0 Å². The maximum Gasteiger partial charge on any atom is 0.327 e. The summed E-state index contributed by atoms with van der Waals surface area (Å²) in [6.45, 7) is 26.1. The third-order valence-electron chi connectivity index (χ3n) is 19.2. The van der Waals surface area contributed by atoms with Crippen molar-refractivity contribution in [2.75, 3.05) is 161 Å². The van der Waals surface area contributed by atoms with Crippen LogP contribution in [0.5, 0.6) is 23.0 Å². The molecule has 2 fully saturated rings. The van der Waals surface area contributed by atoms with Crippen molar-refractivity contribution < 1.29 is 82.1 Å². The number of rotatable bonds is 35. The van der Waals surface area contributed by atoms with Crippen molar-refractivity contribution in [3.8, 4) is 23.0 Å². The fourth-order valence-corrected chi connectivity index (χ4v) is 13.1. The van der Waals surface area contributed by atoms with E-state index in [9.17, 15) is 30.0 Å². The Balaban J connectivity index is 0.000000282. The van der Waals surface area contributed by atoms with Crippen LogP contribution >= 0.6 is 0 Å². The molecule has 0 saturated carbocycles. The molecule has 4 amide bonds. The van der Waals surface area contributed by atoms with Gasteiger partial charge in [-0.25, -0.2) is 9.59 Å². The van der Waals surface area contributed by atoms with E-state index in [4.69, 9.17) is 52.1 Å². The summed E-state index contributed by atoms with van der Waals surface area (Å²) in [7, 11) is 21.0. The Labute approximate surface area is 635 Å². The van der Waals surface area contributed by atoms with Gasteiger partial charge in [0, 0.05) is 120 Å². The van der Waals surface area contributed by atoms with Gasteiger partial charge >= 0.3 is 12.1 Å². The summed E-state index contributed by atoms with van der Waals surface area (Å²) in [5, 5.41) is 42.9. The summed E-state index contributed by atoms with van der Waals surface area (Å²) in [6, 6.07) is 25.1. The second-order valence-electron chi connectivity index (χ2n) is 28.0. The lowest BCUT2D eigenvalue weighted by atomic mass is 9.68. The standard InChI is InChI=1S/C41H52O5.C14H22O2.C13H26N6O4.C12H22N4O6/c1-10-26-18-34(19-27(11-2)37(26)42)40(5,6)32-14-16-33(17-15-32)41(7,35-20-28(12-3)38(43)30(22-35)24-45-8)36-21-29(13-4)39(44)31(23-36)25-46-9;1-6-10-7-12(14(2,3)4)8-11(9-16-5)13(10)15;1-17(7-20-3)11-14-12(18(2)8-21-4)16-13(15-11)19(9-22-5)10-23-6;1-19-5-13-9-10(15(7-21-3)11(13)17)16(8-22-4)12(18)14(9)6-20-2/h14-23,42-44H,10-13,24-25H2,1-9H3;7-8,15H,6,9H2,1-5H3;7-10H2,1-6H3;9-10H,5-8H2,1-4H3. The van der Waals surface area contributed by atoms with E-state index in [0.717, 1.165) is 80.5 Å². The number of fused-ring (bicyclic) bond motifs is 1. The number of hydrogen-bond donors (Lipinski definition) is 4. The summed E-state index contributed by atoms with van der Waals surface area (Å²) in [6.07, 6.45) is 2.69. The highest BCUT2D eigenvalue weighted by molar-refractivity contribution is 5.85. The van der Waals surface area contributed by atoms with Crippen LogP contribution < -0.4 is 14.7 Å². The molecule has 3 heterocycles. The minimum Gasteiger partial charge on any atom is -0.507 e. The molecule has 0 spiro atoms. The number of carbonyl (C=O) groups excluding carboxylic acids is 2. The third kappa shape index (κ3) is 21.4. The predicted octanol–water partition coefficient (Wildman–Crippen LogP) is 11.9. The minimum atomic E-state index is -0.633. The average molecular weight is 1500 g/mol. The third-order valence-corrected chi connectivity index (χ3v) is 19.2. The summed E-state index contributed by atoms with van der Waals surface area (Å²) >= 11 is 0. The summed E-state index contributed by atoms with van der Waals surface area (Å²) in [5.74, 6) is 2.76. The zero-order chi connectivity index (χ0) is 79.7. The molecule has 27 nitrogen and oxygen atoms in total. The van der Waals surface area contributed by atoms with Gasteiger partial charge in [0.25, 0.3) is 0 Å². The van der Waals surface area contributed by atoms with E-state index in [-0.39, 0.29) is 61.3 Å². The topological polar surface area (TPSA) is 278 Å². The molecular formula is C80H122N10O17. The molecule has 2 aliphatic rings. The molecule has 0 unspecified atom stereocenters. The first-order valence-electron chi connectivity index (χ1n) is 36.0. The highest BCUT2D eigenvalue weighted by Gasteiger charge is 2.59. The van der Waals surface area contributed by atoms with Crippen LogP contribution in [0.25, 0.3) is 0 Å². The second kappa shape index (κ2) is 42.0. The molecule has 0 atom stereocenters. The first-order chi connectivity index (χ1) is 51.0. The van der Waals surface area contributed by atoms with Crippen LogP contribution in [0.3, 0.4) is 0 Å². The monoisotopic (exact) mass is 1490 g/mol. The number of phenolic OH excluding ortho intramolecular Hbond substituents is 4. The number of hydrogen-bond acceptors (Lipinski definition) is 23. The number of anilines is 3. The van der Waals surface area contributed by atoms with E-state index >= 15 is 0 Å². The van der Waals surface area contributed by atoms with Crippen molar-refractivity contribution >= 4 is 29.9 Å². The Bertz CT molecular complexity index is 3590. The van der Waals surface area contributed by atoms with Gasteiger partial charge in [-0.1, -0.05) is 124 Å². The molecule has 2 aliphatic heterocycles. The Morgan fingerprint density at radius 1 is 0.355 bits per heavy atom. The fourth-order valence-electron chi connectivity index (χ4n) is 13.1. The Hall–Kier alpha value is -8.19. The Morgan fingerprint density at radius 3 is 0.916 bits per heavy atom. The SMILES string of the molecule is CCc1cc(C(C)(C)C)cc(COC)c1O.CCc1cc(C(C)(C)c2ccc(C(C)(c3cc(CC)c(O)c(COC)c3)c3cc(CC)c(O)c(COC)c3)cc2)cc(CC)c1O.COCN(C)c1nc(N(C)COC)nc(N(COC)COC)n1.COCN1C(=O)N(COC)C2C1N(COC)C(=O)N2COC. The first kappa shape index (κ1) is 89.4. The van der Waals surface area contributed by atoms with Crippen LogP contribution in [0.1, 0.15) is 154 Å². The van der Waals surface area contributed by atoms with Crippen LogP contribution in [-0.4, -0.2) is 226 Å². The smallest absolute Gasteiger partial charge is 0.327 e. The number of benzene rings is 5. The number of nitrogens with zero attached hydrogens (tertiary/aromatic N) is 10. The van der Waals surface area contributed by atoms with E-state index in [1.165, 1.54) is 64.7 Å². The highest BCUT2D eigenvalue weighted by Crippen LogP contribution is 2.46. The molecular weight excluding hydrogens is 1370 g/mol. The van der Waals surface area contributed by atoms with Gasteiger partial charge in [-0.05, 0) is 124 Å². The maximum absolute atomic E-state index is 12.6. The number of ether oxygens (including phenoxy) is 11. The number of aromatic nitrogens is 3. The number of aromatic hydroxyl groups is 4. The van der Waals surface area contributed by atoms with Crippen LogP contribution in [-0.2, 0) is 120 Å². The van der Waals surface area contributed by atoms with Crippen molar-refractivity contribution in [2.24, 2.45) is 0 Å². The highest BCUT2D eigenvalue weighted by atomic mass is 16.5. The minimum absolute atomic E-state index is 0.0640. The van der Waals surface area contributed by atoms with Crippen molar-refractivity contribution in [1.82, 2.24) is 34.6 Å². The Morgan fingerprint density at radius 2 is 0.626 bits per heavy atom. The van der Waals surface area contributed by atoms with E-state index in [1.807, 2.05) is 34.0 Å². The number of carbonyl (C=O) groups is 2. The van der Waals surface area contributed by atoms with E-state index < -0.39 is 17.7 Å².